The van der Waals surface area contributed by atoms with Gasteiger partial charge in [0.05, 0.1) is 42.5 Å². The van der Waals surface area contributed by atoms with Crippen molar-refractivity contribution in [2.24, 2.45) is 0 Å². The van der Waals surface area contributed by atoms with Crippen molar-refractivity contribution in [3.05, 3.63) is 34.2 Å². The summed E-state index contributed by atoms with van der Waals surface area (Å²) in [5.74, 6) is 0.476. The fourth-order valence-corrected chi connectivity index (χ4v) is 2.08. The number of hydrogen-bond donors (Lipinski definition) is 1. The molecule has 2 aromatic heterocycles. The van der Waals surface area contributed by atoms with E-state index in [1.807, 2.05) is 12.4 Å². The van der Waals surface area contributed by atoms with Crippen LogP contribution in [0.5, 0.6) is 5.88 Å². The van der Waals surface area contributed by atoms with Gasteiger partial charge in [-0.25, -0.2) is 9.97 Å². The van der Waals surface area contributed by atoms with Crippen LogP contribution in [-0.2, 0) is 13.0 Å². The molecule has 0 unspecified atom stereocenters. The summed E-state index contributed by atoms with van der Waals surface area (Å²) in [7, 11) is 0. The monoisotopic (exact) mass is 251 g/mol. The molecule has 0 saturated carbocycles. The molecule has 2 rings (SSSR count). The number of rotatable bonds is 5. The molecule has 6 heteroatoms. The van der Waals surface area contributed by atoms with Gasteiger partial charge in [-0.1, -0.05) is 0 Å². The van der Waals surface area contributed by atoms with Gasteiger partial charge in [0.15, 0.2) is 0 Å². The highest BCUT2D eigenvalue weighted by molar-refractivity contribution is 7.09. The van der Waals surface area contributed by atoms with Gasteiger partial charge in [-0.3, -0.25) is 4.98 Å². The van der Waals surface area contributed by atoms with Crippen LogP contribution in [0.3, 0.4) is 0 Å². The molecule has 0 aromatic carbocycles. The Morgan fingerprint density at radius 3 is 2.76 bits per heavy atom. The molecule has 0 atom stereocenters. The van der Waals surface area contributed by atoms with E-state index in [2.05, 4.69) is 15.0 Å². The first-order valence-electron chi connectivity index (χ1n) is 5.23. The van der Waals surface area contributed by atoms with E-state index in [-0.39, 0.29) is 6.61 Å². The number of thiazole rings is 1. The second kappa shape index (κ2) is 5.70. The van der Waals surface area contributed by atoms with Crippen LogP contribution in [-0.4, -0.2) is 26.7 Å². The van der Waals surface area contributed by atoms with Crippen LogP contribution in [0, 0.1) is 6.92 Å². The number of aromatic nitrogens is 3. The smallest absolute Gasteiger partial charge is 0.232 e. The minimum atomic E-state index is -0.104. The summed E-state index contributed by atoms with van der Waals surface area (Å²) in [5, 5.41) is 8.81. The summed E-state index contributed by atoms with van der Waals surface area (Å²) in [4.78, 5) is 13.4. The predicted molar refractivity (Wildman–Crippen MR) is 64.0 cm³/mol. The number of aliphatic hydroxyl groups excluding tert-OH is 1. The van der Waals surface area contributed by atoms with Gasteiger partial charge < -0.3 is 9.84 Å². The Hall–Kier alpha value is -1.53. The summed E-state index contributed by atoms with van der Waals surface area (Å²) in [6.45, 7) is 2.44. The van der Waals surface area contributed by atoms with Crippen molar-refractivity contribution in [2.75, 3.05) is 6.61 Å². The lowest BCUT2D eigenvalue weighted by molar-refractivity contribution is 0.273. The van der Waals surface area contributed by atoms with Gasteiger partial charge in [0.1, 0.15) is 0 Å². The molecule has 0 radical (unpaired) electrons. The molecule has 17 heavy (non-hydrogen) atoms. The van der Waals surface area contributed by atoms with Crippen molar-refractivity contribution in [3.8, 4) is 5.88 Å². The van der Waals surface area contributed by atoms with Crippen LogP contribution >= 0.6 is 11.3 Å². The van der Waals surface area contributed by atoms with E-state index in [4.69, 9.17) is 9.84 Å². The maximum Gasteiger partial charge on any atom is 0.232 e. The van der Waals surface area contributed by atoms with Crippen molar-refractivity contribution in [2.45, 2.75) is 20.0 Å². The largest absolute Gasteiger partial charge is 0.476 e. The maximum absolute atomic E-state index is 8.81. The number of aliphatic hydroxyl groups is 1. The lowest BCUT2D eigenvalue weighted by Crippen LogP contribution is -2.03. The lowest BCUT2D eigenvalue weighted by Gasteiger charge is -2.04. The highest BCUT2D eigenvalue weighted by Gasteiger charge is 2.02. The molecular formula is C11H13N3O2S. The minimum absolute atomic E-state index is 0.104. The van der Waals surface area contributed by atoms with E-state index in [1.54, 1.807) is 11.3 Å². The van der Waals surface area contributed by atoms with Crippen molar-refractivity contribution in [1.29, 1.82) is 0 Å². The molecular weight excluding hydrogens is 238 g/mol. The van der Waals surface area contributed by atoms with Crippen LogP contribution in [0.1, 0.15) is 16.3 Å². The first-order valence-corrected chi connectivity index (χ1v) is 6.11. The van der Waals surface area contributed by atoms with Gasteiger partial charge in [-0.2, -0.15) is 0 Å². The zero-order chi connectivity index (χ0) is 12.1. The van der Waals surface area contributed by atoms with Crippen molar-refractivity contribution in [3.63, 3.8) is 0 Å². The molecule has 0 aliphatic rings. The molecule has 0 spiro atoms. The number of nitrogens with zero attached hydrogens (tertiary/aromatic N) is 3. The number of aryl methyl sites for hydroxylation is 1. The van der Waals surface area contributed by atoms with Crippen LogP contribution < -0.4 is 4.74 Å². The van der Waals surface area contributed by atoms with E-state index in [1.165, 1.54) is 17.3 Å². The van der Waals surface area contributed by atoms with E-state index >= 15 is 0 Å². The first-order chi connectivity index (χ1) is 8.29. The minimum Gasteiger partial charge on any atom is -0.476 e. The summed E-state index contributed by atoms with van der Waals surface area (Å²) in [6.07, 6.45) is 3.85. The molecule has 0 aliphatic heterocycles. The standard InChI is InChI=1S/C11H13N3O2S/c1-8-10(17-7-14-8)2-3-16-11-5-12-9(6-15)4-13-11/h4-5,7,15H,2-3,6H2,1H3. The molecule has 2 aromatic rings. The van der Waals surface area contributed by atoms with E-state index in [0.29, 0.717) is 18.2 Å². The molecule has 0 amide bonds. The Morgan fingerprint density at radius 1 is 1.29 bits per heavy atom. The summed E-state index contributed by atoms with van der Waals surface area (Å²) in [5.41, 5.74) is 3.43. The highest BCUT2D eigenvalue weighted by atomic mass is 32.1. The van der Waals surface area contributed by atoms with Crippen molar-refractivity contribution in [1.82, 2.24) is 15.0 Å². The average Bonchev–Trinajstić information content (AvgIpc) is 2.76. The molecule has 5 nitrogen and oxygen atoms in total. The second-order valence-corrected chi connectivity index (χ2v) is 4.40. The Labute approximate surface area is 103 Å². The molecule has 0 aliphatic carbocycles. The van der Waals surface area contributed by atoms with E-state index < -0.39 is 0 Å². The molecule has 0 fully saturated rings. The van der Waals surface area contributed by atoms with Gasteiger partial charge in [-0.05, 0) is 6.92 Å². The highest BCUT2D eigenvalue weighted by Crippen LogP contribution is 2.13. The van der Waals surface area contributed by atoms with E-state index in [9.17, 15) is 0 Å². The van der Waals surface area contributed by atoms with Crippen LogP contribution in [0.4, 0.5) is 0 Å². The topological polar surface area (TPSA) is 68.1 Å². The fraction of sp³-hybridized carbons (Fsp3) is 0.364. The SMILES string of the molecule is Cc1ncsc1CCOc1cnc(CO)cn1. The molecule has 0 saturated heterocycles. The Balaban J connectivity index is 1.83. The van der Waals surface area contributed by atoms with Gasteiger partial charge in [0.2, 0.25) is 5.88 Å². The molecule has 1 N–H and O–H groups in total. The average molecular weight is 251 g/mol. The van der Waals surface area contributed by atoms with Gasteiger partial charge in [0, 0.05) is 11.3 Å². The van der Waals surface area contributed by atoms with Gasteiger partial charge >= 0.3 is 0 Å². The van der Waals surface area contributed by atoms with Crippen LogP contribution in [0.25, 0.3) is 0 Å². The molecule has 2 heterocycles. The number of hydrogen-bond acceptors (Lipinski definition) is 6. The molecule has 0 bridgehead atoms. The maximum atomic E-state index is 8.81. The summed E-state index contributed by atoms with van der Waals surface area (Å²) in [6, 6.07) is 0. The first kappa shape index (κ1) is 11.9. The zero-order valence-corrected chi connectivity index (χ0v) is 10.3. The summed E-state index contributed by atoms with van der Waals surface area (Å²) < 4.78 is 5.46. The Bertz CT molecular complexity index is 470. The lowest BCUT2D eigenvalue weighted by atomic mass is 10.3. The van der Waals surface area contributed by atoms with Crippen molar-refractivity contribution < 1.29 is 9.84 Å². The van der Waals surface area contributed by atoms with Crippen LogP contribution in [0.15, 0.2) is 17.9 Å². The third-order valence-corrected chi connectivity index (χ3v) is 3.26. The molecule has 90 valence electrons. The summed E-state index contributed by atoms with van der Waals surface area (Å²) >= 11 is 1.63. The fourth-order valence-electron chi connectivity index (χ4n) is 1.31. The third kappa shape index (κ3) is 3.21. The quantitative estimate of drug-likeness (QED) is 0.869. The Morgan fingerprint density at radius 2 is 2.18 bits per heavy atom. The number of ether oxygens (including phenoxy) is 1. The Kier molecular flexibility index (Phi) is 4.00. The van der Waals surface area contributed by atoms with Crippen molar-refractivity contribution >= 4 is 11.3 Å². The third-order valence-electron chi connectivity index (χ3n) is 2.27. The second-order valence-electron chi connectivity index (χ2n) is 3.46. The van der Waals surface area contributed by atoms with Gasteiger partial charge in [-0.15, -0.1) is 11.3 Å². The normalized spacial score (nSPS) is 10.5. The van der Waals surface area contributed by atoms with Gasteiger partial charge in [0.25, 0.3) is 0 Å². The predicted octanol–water partition coefficient (Wildman–Crippen LogP) is 1.36. The van der Waals surface area contributed by atoms with E-state index in [0.717, 1.165) is 12.1 Å². The van der Waals surface area contributed by atoms with Crippen LogP contribution in [0.2, 0.25) is 0 Å². The zero-order valence-electron chi connectivity index (χ0n) is 9.46.